The molecule has 30 heavy (non-hydrogen) atoms. The van der Waals surface area contributed by atoms with Gasteiger partial charge in [0.05, 0.1) is 8.68 Å². The van der Waals surface area contributed by atoms with Crippen LogP contribution in [0.1, 0.15) is 29.1 Å². The van der Waals surface area contributed by atoms with Gasteiger partial charge < -0.3 is 0 Å². The monoisotopic (exact) mass is 527 g/mol. The molecule has 2 aromatic heterocycles. The topological polar surface area (TPSA) is 105 Å². The van der Waals surface area contributed by atoms with Crippen molar-refractivity contribution in [2.45, 2.75) is 18.7 Å². The second-order valence-electron chi connectivity index (χ2n) is 5.86. The molecule has 0 spiro atoms. The van der Waals surface area contributed by atoms with Crippen LogP contribution in [0.4, 0.5) is 10.3 Å². The summed E-state index contributed by atoms with van der Waals surface area (Å²) in [6.07, 6.45) is 1.68. The van der Waals surface area contributed by atoms with Crippen molar-refractivity contribution in [2.24, 2.45) is 4.99 Å². The first-order chi connectivity index (χ1) is 14.3. The molecule has 3 aromatic rings. The summed E-state index contributed by atoms with van der Waals surface area (Å²) in [4.78, 5) is 17.8. The number of carbonyl (C=O) groups excluding carboxylic acids is 1. The van der Waals surface area contributed by atoms with E-state index in [0.29, 0.717) is 28.9 Å². The van der Waals surface area contributed by atoms with Crippen LogP contribution in [0.15, 0.2) is 50.1 Å². The molecule has 0 unspecified atom stereocenters. The Bertz CT molecular complexity index is 1150. The summed E-state index contributed by atoms with van der Waals surface area (Å²) in [5, 5.41) is 11.2. The lowest BCUT2D eigenvalue weighted by atomic mass is 10.2. The van der Waals surface area contributed by atoms with Gasteiger partial charge in [-0.25, -0.2) is 13.4 Å². The molecule has 0 bridgehead atoms. The van der Waals surface area contributed by atoms with Crippen LogP contribution in [0.5, 0.6) is 0 Å². The molecule has 1 N–H and O–H groups in total. The lowest BCUT2D eigenvalue weighted by molar-refractivity contribution is 0.102. The van der Waals surface area contributed by atoms with Crippen molar-refractivity contribution in [2.75, 3.05) is 18.4 Å². The second kappa shape index (κ2) is 9.88. The van der Waals surface area contributed by atoms with Crippen LogP contribution in [0, 0.1) is 0 Å². The number of thiophene rings is 1. The summed E-state index contributed by atoms with van der Waals surface area (Å²) in [7, 11) is -3.56. The van der Waals surface area contributed by atoms with Gasteiger partial charge in [-0.3, -0.25) is 10.1 Å². The highest BCUT2D eigenvalue weighted by molar-refractivity contribution is 9.11. The number of hydrogen-bond acceptors (Lipinski definition) is 8. The lowest BCUT2D eigenvalue weighted by Crippen LogP contribution is -2.30. The zero-order valence-corrected chi connectivity index (χ0v) is 20.1. The average molecular weight is 528 g/mol. The van der Waals surface area contributed by atoms with Gasteiger partial charge in [-0.05, 0) is 52.3 Å². The molecule has 2 heterocycles. The highest BCUT2D eigenvalue weighted by Gasteiger charge is 2.21. The average Bonchev–Trinajstić information content (AvgIpc) is 3.35. The van der Waals surface area contributed by atoms with Gasteiger partial charge in [0.15, 0.2) is 0 Å². The summed E-state index contributed by atoms with van der Waals surface area (Å²) in [6, 6.07) is 9.65. The van der Waals surface area contributed by atoms with E-state index in [1.807, 2.05) is 12.1 Å². The Morgan fingerprint density at radius 1 is 1.13 bits per heavy atom. The van der Waals surface area contributed by atoms with Crippen LogP contribution >= 0.6 is 38.6 Å². The number of sulfonamides is 1. The summed E-state index contributed by atoms with van der Waals surface area (Å²) in [6.45, 7) is 4.32. The molecule has 0 atom stereocenters. The maximum Gasteiger partial charge on any atom is 0.257 e. The smallest absolute Gasteiger partial charge is 0.257 e. The molecule has 0 fully saturated rings. The molecule has 1 aromatic carbocycles. The van der Waals surface area contributed by atoms with Crippen LogP contribution in [0.25, 0.3) is 0 Å². The molecule has 0 saturated heterocycles. The first-order valence-electron chi connectivity index (χ1n) is 8.88. The number of rotatable bonds is 8. The molecule has 0 radical (unpaired) electrons. The van der Waals surface area contributed by atoms with Crippen molar-refractivity contribution in [3.8, 4) is 0 Å². The Morgan fingerprint density at radius 2 is 1.83 bits per heavy atom. The van der Waals surface area contributed by atoms with Gasteiger partial charge in [0.1, 0.15) is 0 Å². The lowest BCUT2D eigenvalue weighted by Gasteiger charge is -2.18. The van der Waals surface area contributed by atoms with Gasteiger partial charge in [0.2, 0.25) is 20.3 Å². The van der Waals surface area contributed by atoms with E-state index in [2.05, 4.69) is 36.4 Å². The Hall–Kier alpha value is -1.99. The van der Waals surface area contributed by atoms with Crippen LogP contribution in [0.3, 0.4) is 0 Å². The minimum Gasteiger partial charge on any atom is -0.296 e. The third-order valence-electron chi connectivity index (χ3n) is 3.99. The molecular formula is C18H18BrN5O3S3. The Morgan fingerprint density at radius 3 is 2.43 bits per heavy atom. The quantitative estimate of drug-likeness (QED) is 0.437. The molecular weight excluding hydrogens is 510 g/mol. The highest BCUT2D eigenvalue weighted by atomic mass is 79.9. The standard InChI is InChI=1S/C18H18BrN5O3S3/c1-3-24(4-2)30(26,27)14-8-5-12(6-9-14)16(25)21-18-23-22-17(29-18)20-11-13-7-10-15(19)28-13/h5-11H,3-4H2,1-2H3,(H,21,23,25)/b20-11+. The largest absolute Gasteiger partial charge is 0.296 e. The Labute approximate surface area is 190 Å². The molecule has 158 valence electrons. The molecule has 0 aliphatic rings. The van der Waals surface area contributed by atoms with E-state index >= 15 is 0 Å². The van der Waals surface area contributed by atoms with Crippen molar-refractivity contribution < 1.29 is 13.2 Å². The fourth-order valence-corrected chi connectivity index (χ4v) is 5.83. The fraction of sp³-hybridized carbons (Fsp3) is 0.222. The summed E-state index contributed by atoms with van der Waals surface area (Å²) < 4.78 is 27.4. The van der Waals surface area contributed by atoms with Crippen molar-refractivity contribution in [1.82, 2.24) is 14.5 Å². The number of anilines is 1. The number of aliphatic imine (C=N–C) groups is 1. The van der Waals surface area contributed by atoms with Crippen LogP contribution in [0.2, 0.25) is 0 Å². The Kier molecular flexibility index (Phi) is 7.47. The molecule has 1 amide bonds. The van der Waals surface area contributed by atoms with E-state index in [-0.39, 0.29) is 4.90 Å². The van der Waals surface area contributed by atoms with Crippen LogP contribution < -0.4 is 5.32 Å². The number of halogens is 1. The number of amides is 1. The van der Waals surface area contributed by atoms with Gasteiger partial charge in [-0.2, -0.15) is 4.31 Å². The number of nitrogens with zero attached hydrogens (tertiary/aromatic N) is 4. The molecule has 8 nitrogen and oxygen atoms in total. The van der Waals surface area contributed by atoms with E-state index in [1.54, 1.807) is 20.1 Å². The number of nitrogens with one attached hydrogen (secondary N) is 1. The predicted molar refractivity (Wildman–Crippen MR) is 124 cm³/mol. The van der Waals surface area contributed by atoms with Crippen molar-refractivity contribution in [3.05, 3.63) is 50.6 Å². The zero-order chi connectivity index (χ0) is 21.7. The van der Waals surface area contributed by atoms with E-state index < -0.39 is 15.9 Å². The third-order valence-corrected chi connectivity index (χ3v) is 8.36. The van der Waals surface area contributed by atoms with Gasteiger partial charge in [-0.1, -0.05) is 25.2 Å². The zero-order valence-electron chi connectivity index (χ0n) is 16.1. The van der Waals surface area contributed by atoms with Crippen LogP contribution in [-0.4, -0.2) is 48.1 Å². The predicted octanol–water partition coefficient (Wildman–Crippen LogP) is 4.40. The number of benzene rings is 1. The number of aromatic nitrogens is 2. The Balaban J connectivity index is 1.66. The number of hydrogen-bond donors (Lipinski definition) is 1. The highest BCUT2D eigenvalue weighted by Crippen LogP contribution is 2.25. The summed E-state index contributed by atoms with van der Waals surface area (Å²) >= 11 is 6.06. The minimum atomic E-state index is -3.56. The first-order valence-corrected chi connectivity index (χ1v) is 12.7. The molecule has 0 aliphatic carbocycles. The molecule has 0 aliphatic heterocycles. The summed E-state index contributed by atoms with van der Waals surface area (Å²) in [5.41, 5.74) is 0.317. The second-order valence-corrected chi connectivity index (χ2v) is 11.2. The van der Waals surface area contributed by atoms with Crippen LogP contribution in [-0.2, 0) is 10.0 Å². The first kappa shape index (κ1) is 22.7. The van der Waals surface area contributed by atoms with Crippen molar-refractivity contribution in [3.63, 3.8) is 0 Å². The van der Waals surface area contributed by atoms with Crippen molar-refractivity contribution >= 4 is 71.0 Å². The molecule has 3 rings (SSSR count). The minimum absolute atomic E-state index is 0.149. The third kappa shape index (κ3) is 5.38. The van der Waals surface area contributed by atoms with Gasteiger partial charge in [0.25, 0.3) is 5.91 Å². The SMILES string of the molecule is CCN(CC)S(=O)(=O)c1ccc(C(=O)Nc2nnc(/N=C/c3ccc(Br)s3)s2)cc1. The van der Waals surface area contributed by atoms with Gasteiger partial charge in [-0.15, -0.1) is 21.5 Å². The maximum atomic E-state index is 12.5. The van der Waals surface area contributed by atoms with Gasteiger partial charge >= 0.3 is 0 Å². The summed E-state index contributed by atoms with van der Waals surface area (Å²) in [5.74, 6) is -0.407. The van der Waals surface area contributed by atoms with Gasteiger partial charge in [0, 0.05) is 29.7 Å². The fourth-order valence-electron chi connectivity index (χ4n) is 2.49. The van der Waals surface area contributed by atoms with E-state index in [4.69, 9.17) is 0 Å². The van der Waals surface area contributed by atoms with E-state index in [0.717, 1.165) is 20.0 Å². The molecule has 0 saturated carbocycles. The normalized spacial score (nSPS) is 12.0. The maximum absolute atomic E-state index is 12.5. The van der Waals surface area contributed by atoms with E-state index in [9.17, 15) is 13.2 Å². The molecule has 12 heteroatoms. The van der Waals surface area contributed by atoms with E-state index in [1.165, 1.54) is 39.9 Å². The van der Waals surface area contributed by atoms with Crippen molar-refractivity contribution in [1.29, 1.82) is 0 Å². The number of carbonyl (C=O) groups is 1.